The summed E-state index contributed by atoms with van der Waals surface area (Å²) in [6.07, 6.45) is 0. The van der Waals surface area contributed by atoms with E-state index in [1.807, 2.05) is 0 Å². The van der Waals surface area contributed by atoms with Gasteiger partial charge in [-0.15, -0.1) is 0 Å². The minimum Gasteiger partial charge on any atom is -0.386 e. The Morgan fingerprint density at radius 2 is 1.12 bits per heavy atom. The summed E-state index contributed by atoms with van der Waals surface area (Å²) in [6.45, 7) is 0. The van der Waals surface area contributed by atoms with Gasteiger partial charge in [-0.3, -0.25) is 0 Å². The summed E-state index contributed by atoms with van der Waals surface area (Å²) in [5.74, 6) is -0.308. The topological polar surface area (TPSA) is 60.7 Å². The zero-order chi connectivity index (χ0) is 12.5. The Morgan fingerprint density at radius 3 is 1.53 bits per heavy atom. The molecule has 17 heavy (non-hydrogen) atoms. The van der Waals surface area contributed by atoms with E-state index in [0.717, 1.165) is 11.1 Å². The average molecular weight is 250 g/mol. The SMILES string of the molecule is O[Si](O)(O)c1ccc(-c2ccc(F)cc2)cc1. The third kappa shape index (κ3) is 2.77. The van der Waals surface area contributed by atoms with Crippen molar-refractivity contribution in [2.45, 2.75) is 0 Å². The summed E-state index contributed by atoms with van der Waals surface area (Å²) >= 11 is 0. The molecule has 0 bridgehead atoms. The second kappa shape index (κ2) is 4.38. The van der Waals surface area contributed by atoms with Crippen molar-refractivity contribution in [1.82, 2.24) is 0 Å². The van der Waals surface area contributed by atoms with Gasteiger partial charge in [-0.05, 0) is 23.3 Å². The van der Waals surface area contributed by atoms with Crippen LogP contribution in [0.2, 0.25) is 0 Å². The minimum absolute atomic E-state index is 0.114. The molecular formula is C12H11FO3Si. The summed E-state index contributed by atoms with van der Waals surface area (Å²) < 4.78 is 12.7. The van der Waals surface area contributed by atoms with Crippen molar-refractivity contribution in [3.63, 3.8) is 0 Å². The van der Waals surface area contributed by atoms with Crippen molar-refractivity contribution in [2.75, 3.05) is 0 Å². The van der Waals surface area contributed by atoms with E-state index in [4.69, 9.17) is 14.4 Å². The molecule has 2 aromatic carbocycles. The van der Waals surface area contributed by atoms with Gasteiger partial charge in [0.2, 0.25) is 0 Å². The highest BCUT2D eigenvalue weighted by Gasteiger charge is 2.29. The summed E-state index contributed by atoms with van der Waals surface area (Å²) in [4.78, 5) is 27.3. The number of hydrogen-bond donors (Lipinski definition) is 3. The number of hydrogen-bond acceptors (Lipinski definition) is 3. The lowest BCUT2D eigenvalue weighted by Crippen LogP contribution is -2.48. The van der Waals surface area contributed by atoms with Crippen LogP contribution in [0, 0.1) is 5.82 Å². The van der Waals surface area contributed by atoms with Gasteiger partial charge in [0, 0.05) is 5.19 Å². The van der Waals surface area contributed by atoms with Crippen molar-refractivity contribution in [3.8, 4) is 11.1 Å². The molecule has 0 amide bonds. The normalized spacial score (nSPS) is 11.5. The largest absolute Gasteiger partial charge is 0.528 e. The maximum Gasteiger partial charge on any atom is 0.528 e. The van der Waals surface area contributed by atoms with E-state index in [1.54, 1.807) is 24.3 Å². The molecule has 3 N–H and O–H groups in total. The molecule has 0 saturated heterocycles. The van der Waals surface area contributed by atoms with Crippen LogP contribution in [-0.2, 0) is 0 Å². The first kappa shape index (κ1) is 11.9. The third-order valence-corrected chi connectivity index (χ3v) is 3.56. The molecule has 0 atom stereocenters. The summed E-state index contributed by atoms with van der Waals surface area (Å²) in [6, 6.07) is 12.2. The number of halogens is 1. The van der Waals surface area contributed by atoms with Gasteiger partial charge < -0.3 is 14.4 Å². The smallest absolute Gasteiger partial charge is 0.386 e. The number of benzene rings is 2. The molecule has 88 valence electrons. The Balaban J connectivity index is 2.33. The molecule has 2 rings (SSSR count). The molecule has 0 saturated carbocycles. The van der Waals surface area contributed by atoms with Gasteiger partial charge in [-0.25, -0.2) is 4.39 Å². The lowest BCUT2D eigenvalue weighted by molar-refractivity contribution is 0.250. The van der Waals surface area contributed by atoms with Gasteiger partial charge in [-0.1, -0.05) is 36.4 Å². The van der Waals surface area contributed by atoms with E-state index in [9.17, 15) is 4.39 Å². The summed E-state index contributed by atoms with van der Waals surface area (Å²) in [7, 11) is -4.23. The van der Waals surface area contributed by atoms with Gasteiger partial charge in [0.25, 0.3) is 0 Å². The fourth-order valence-corrected chi connectivity index (χ4v) is 2.14. The average Bonchev–Trinajstić information content (AvgIpc) is 2.29. The second-order valence-corrected chi connectivity index (χ2v) is 5.57. The Morgan fingerprint density at radius 1 is 0.706 bits per heavy atom. The highest BCUT2D eigenvalue weighted by Crippen LogP contribution is 2.18. The fourth-order valence-electron chi connectivity index (χ4n) is 1.53. The van der Waals surface area contributed by atoms with E-state index in [1.165, 1.54) is 24.3 Å². The van der Waals surface area contributed by atoms with Crippen molar-refractivity contribution in [1.29, 1.82) is 0 Å². The monoisotopic (exact) mass is 250 g/mol. The van der Waals surface area contributed by atoms with Crippen LogP contribution in [-0.4, -0.2) is 23.2 Å². The van der Waals surface area contributed by atoms with E-state index in [2.05, 4.69) is 0 Å². The van der Waals surface area contributed by atoms with E-state index in [-0.39, 0.29) is 11.0 Å². The maximum atomic E-state index is 12.7. The molecule has 0 aromatic heterocycles. The molecule has 3 nitrogen and oxygen atoms in total. The second-order valence-electron chi connectivity index (χ2n) is 3.72. The molecule has 5 heteroatoms. The van der Waals surface area contributed by atoms with Crippen LogP contribution in [0.4, 0.5) is 4.39 Å². The predicted molar refractivity (Wildman–Crippen MR) is 63.9 cm³/mol. The predicted octanol–water partition coefficient (Wildman–Crippen LogP) is 0.615. The lowest BCUT2D eigenvalue weighted by atomic mass is 10.1. The quantitative estimate of drug-likeness (QED) is 0.685. The van der Waals surface area contributed by atoms with Gasteiger partial charge >= 0.3 is 8.80 Å². The van der Waals surface area contributed by atoms with Crippen LogP contribution >= 0.6 is 0 Å². The van der Waals surface area contributed by atoms with Gasteiger partial charge in [0.05, 0.1) is 0 Å². The third-order valence-electron chi connectivity index (χ3n) is 2.45. The molecule has 0 aliphatic heterocycles. The Bertz CT molecular complexity index is 503. The Kier molecular flexibility index (Phi) is 3.08. The van der Waals surface area contributed by atoms with Crippen molar-refractivity contribution >= 4 is 14.0 Å². The van der Waals surface area contributed by atoms with Crippen LogP contribution in [0.15, 0.2) is 48.5 Å². The first-order valence-corrected chi connectivity index (χ1v) is 6.84. The molecular weight excluding hydrogens is 239 g/mol. The standard InChI is InChI=1S/C12H11FO3Si/c13-11-5-1-9(2-6-11)10-3-7-12(8-4-10)17(14,15)16/h1-8,14-16H. The molecule has 2 aromatic rings. The molecule has 0 aliphatic carbocycles. The van der Waals surface area contributed by atoms with E-state index < -0.39 is 8.80 Å². The highest BCUT2D eigenvalue weighted by atomic mass is 28.4. The first-order chi connectivity index (χ1) is 7.97. The molecule has 0 unspecified atom stereocenters. The van der Waals surface area contributed by atoms with Crippen molar-refractivity contribution in [2.24, 2.45) is 0 Å². The Hall–Kier alpha value is -1.53. The summed E-state index contributed by atoms with van der Waals surface area (Å²) in [5, 5.41) is 0.114. The van der Waals surface area contributed by atoms with E-state index in [0.29, 0.717) is 0 Å². The van der Waals surface area contributed by atoms with Crippen LogP contribution in [0.5, 0.6) is 0 Å². The summed E-state index contributed by atoms with van der Waals surface area (Å²) in [5.41, 5.74) is 1.63. The highest BCUT2D eigenvalue weighted by molar-refractivity contribution is 6.71. The molecule has 0 heterocycles. The molecule has 0 fully saturated rings. The zero-order valence-electron chi connectivity index (χ0n) is 8.84. The lowest BCUT2D eigenvalue weighted by Gasteiger charge is -2.10. The van der Waals surface area contributed by atoms with Crippen LogP contribution in [0.3, 0.4) is 0 Å². The van der Waals surface area contributed by atoms with Crippen LogP contribution in [0.25, 0.3) is 11.1 Å². The first-order valence-electron chi connectivity index (χ1n) is 5.00. The zero-order valence-corrected chi connectivity index (χ0v) is 9.84. The van der Waals surface area contributed by atoms with Gasteiger partial charge in [-0.2, -0.15) is 0 Å². The fraction of sp³-hybridized carbons (Fsp3) is 0. The van der Waals surface area contributed by atoms with Crippen molar-refractivity contribution < 1.29 is 18.8 Å². The molecule has 0 aliphatic rings. The van der Waals surface area contributed by atoms with Gasteiger partial charge in [0.15, 0.2) is 0 Å². The van der Waals surface area contributed by atoms with E-state index >= 15 is 0 Å². The van der Waals surface area contributed by atoms with Gasteiger partial charge in [0.1, 0.15) is 5.82 Å². The van der Waals surface area contributed by atoms with Crippen LogP contribution < -0.4 is 5.19 Å². The molecule has 0 radical (unpaired) electrons. The number of rotatable bonds is 2. The van der Waals surface area contributed by atoms with Crippen LogP contribution in [0.1, 0.15) is 0 Å². The van der Waals surface area contributed by atoms with Crippen molar-refractivity contribution in [3.05, 3.63) is 54.3 Å². The Labute approximate surface area is 98.8 Å². The maximum absolute atomic E-state index is 12.7. The molecule has 0 spiro atoms. The minimum atomic E-state index is -4.23.